The van der Waals surface area contributed by atoms with Gasteiger partial charge in [0.25, 0.3) is 5.69 Å². The zero-order valence-corrected chi connectivity index (χ0v) is 13.2. The largest absolute Gasteiger partial charge is 0.289 e. The molecule has 1 aromatic rings. The van der Waals surface area contributed by atoms with Crippen molar-refractivity contribution >= 4 is 15.7 Å². The first kappa shape index (κ1) is 15.4. The van der Waals surface area contributed by atoms with Crippen molar-refractivity contribution in [2.45, 2.75) is 49.5 Å². The van der Waals surface area contributed by atoms with Crippen molar-refractivity contribution in [3.8, 4) is 0 Å². The maximum Gasteiger partial charge on any atom is 0.289 e. The first-order valence-corrected chi connectivity index (χ1v) is 9.21. The Morgan fingerprint density at radius 2 is 1.77 bits per heavy atom. The van der Waals surface area contributed by atoms with Gasteiger partial charge in [0.05, 0.1) is 4.92 Å². The van der Waals surface area contributed by atoms with Gasteiger partial charge in [-0.15, -0.1) is 0 Å². The number of nitrogens with zero attached hydrogens (tertiary/aromatic N) is 2. The molecule has 1 aliphatic carbocycles. The number of fused-ring (bicyclic) bond motifs is 1. The molecule has 1 saturated carbocycles. The fourth-order valence-corrected chi connectivity index (χ4v) is 5.74. The van der Waals surface area contributed by atoms with E-state index in [1.165, 1.54) is 22.5 Å². The summed E-state index contributed by atoms with van der Waals surface area (Å²) >= 11 is 0. The molecule has 3 rings (SSSR count). The number of para-hydroxylation sites is 1. The summed E-state index contributed by atoms with van der Waals surface area (Å²) in [4.78, 5) is 10.4. The first-order valence-electron chi connectivity index (χ1n) is 7.77. The van der Waals surface area contributed by atoms with E-state index in [4.69, 9.17) is 0 Å². The molecule has 0 spiro atoms. The average Bonchev–Trinajstić information content (AvgIpc) is 2.54. The van der Waals surface area contributed by atoms with E-state index in [9.17, 15) is 18.5 Å². The Morgan fingerprint density at radius 3 is 2.55 bits per heavy atom. The molecule has 120 valence electrons. The van der Waals surface area contributed by atoms with Crippen LogP contribution in [0.5, 0.6) is 0 Å². The van der Waals surface area contributed by atoms with Crippen LogP contribution in [0.1, 0.15) is 38.5 Å². The molecule has 0 amide bonds. The van der Waals surface area contributed by atoms with Gasteiger partial charge < -0.3 is 0 Å². The fourth-order valence-electron chi connectivity index (χ4n) is 3.83. The molecule has 0 aromatic heterocycles. The molecular weight excluding hydrogens is 304 g/mol. The van der Waals surface area contributed by atoms with E-state index < -0.39 is 14.9 Å². The number of nitro groups is 1. The number of nitro benzene ring substituents is 1. The Labute approximate surface area is 130 Å². The predicted molar refractivity (Wildman–Crippen MR) is 82.0 cm³/mol. The molecule has 0 bridgehead atoms. The topological polar surface area (TPSA) is 80.5 Å². The van der Waals surface area contributed by atoms with E-state index in [1.807, 2.05) is 0 Å². The molecule has 2 atom stereocenters. The fraction of sp³-hybridized carbons (Fsp3) is 0.600. The van der Waals surface area contributed by atoms with Crippen molar-refractivity contribution in [3.63, 3.8) is 0 Å². The summed E-state index contributed by atoms with van der Waals surface area (Å²) < 4.78 is 27.5. The SMILES string of the molecule is O=[N+]([O-])c1ccccc1S(=O)(=O)N1CCC[C@H]2CCCC[C@@H]21. The van der Waals surface area contributed by atoms with Crippen molar-refractivity contribution in [2.75, 3.05) is 6.54 Å². The second-order valence-corrected chi connectivity index (χ2v) is 7.95. The van der Waals surface area contributed by atoms with Crippen LogP contribution < -0.4 is 0 Å². The number of rotatable bonds is 3. The summed E-state index contributed by atoms with van der Waals surface area (Å²) in [7, 11) is -3.82. The number of piperidine rings is 1. The lowest BCUT2D eigenvalue weighted by Crippen LogP contribution is -2.49. The average molecular weight is 324 g/mol. The maximum absolute atomic E-state index is 13.0. The highest BCUT2D eigenvalue weighted by Gasteiger charge is 2.41. The van der Waals surface area contributed by atoms with E-state index >= 15 is 0 Å². The highest BCUT2D eigenvalue weighted by Crippen LogP contribution is 2.39. The van der Waals surface area contributed by atoms with Crippen molar-refractivity contribution < 1.29 is 13.3 Å². The second kappa shape index (κ2) is 5.96. The predicted octanol–water partition coefficient (Wildman–Crippen LogP) is 2.94. The molecule has 22 heavy (non-hydrogen) atoms. The molecule has 1 aromatic carbocycles. The molecule has 0 N–H and O–H groups in total. The molecule has 7 heteroatoms. The molecule has 1 saturated heterocycles. The summed E-state index contributed by atoms with van der Waals surface area (Å²) in [6.07, 6.45) is 6.01. The van der Waals surface area contributed by atoms with Gasteiger partial charge in [0, 0.05) is 18.7 Å². The minimum atomic E-state index is -3.82. The van der Waals surface area contributed by atoms with Gasteiger partial charge in [0.2, 0.25) is 10.0 Å². The van der Waals surface area contributed by atoms with Crippen LogP contribution in [0.15, 0.2) is 29.2 Å². The first-order chi connectivity index (χ1) is 10.5. The summed E-state index contributed by atoms with van der Waals surface area (Å²) in [5, 5.41) is 11.2. The van der Waals surface area contributed by atoms with E-state index in [1.54, 1.807) is 6.07 Å². The van der Waals surface area contributed by atoms with Gasteiger partial charge in [-0.25, -0.2) is 8.42 Å². The van der Waals surface area contributed by atoms with Gasteiger partial charge in [0.15, 0.2) is 4.90 Å². The number of hydrogen-bond donors (Lipinski definition) is 0. The molecule has 1 heterocycles. The Bertz CT molecular complexity index is 672. The van der Waals surface area contributed by atoms with Gasteiger partial charge >= 0.3 is 0 Å². The molecule has 0 unspecified atom stereocenters. The molecule has 6 nitrogen and oxygen atoms in total. The van der Waals surface area contributed by atoms with E-state index in [-0.39, 0.29) is 16.6 Å². The summed E-state index contributed by atoms with van der Waals surface area (Å²) in [6, 6.07) is 5.65. The molecule has 2 aliphatic rings. The highest BCUT2D eigenvalue weighted by atomic mass is 32.2. The Kier molecular flexibility index (Phi) is 4.18. The zero-order chi connectivity index (χ0) is 15.7. The monoisotopic (exact) mass is 324 g/mol. The van der Waals surface area contributed by atoms with E-state index in [0.29, 0.717) is 12.5 Å². The summed E-state index contributed by atoms with van der Waals surface area (Å²) in [5.74, 6) is 0.403. The highest BCUT2D eigenvalue weighted by molar-refractivity contribution is 7.89. The van der Waals surface area contributed by atoms with Gasteiger partial charge in [-0.3, -0.25) is 10.1 Å². The van der Waals surface area contributed by atoms with Gasteiger partial charge in [-0.1, -0.05) is 25.0 Å². The van der Waals surface area contributed by atoms with Crippen LogP contribution in [0.2, 0.25) is 0 Å². The Balaban J connectivity index is 2.00. The van der Waals surface area contributed by atoms with Crippen LogP contribution in [-0.4, -0.2) is 30.2 Å². The second-order valence-electron chi connectivity index (χ2n) is 6.09. The van der Waals surface area contributed by atoms with Crippen molar-refractivity contribution in [1.29, 1.82) is 0 Å². The quantitative estimate of drug-likeness (QED) is 0.632. The maximum atomic E-state index is 13.0. The van der Waals surface area contributed by atoms with Crippen molar-refractivity contribution in [2.24, 2.45) is 5.92 Å². The third-order valence-electron chi connectivity index (χ3n) is 4.84. The van der Waals surface area contributed by atoms with E-state index in [0.717, 1.165) is 38.5 Å². The van der Waals surface area contributed by atoms with Crippen LogP contribution >= 0.6 is 0 Å². The number of sulfonamides is 1. The molecular formula is C15H20N2O4S. The lowest BCUT2D eigenvalue weighted by molar-refractivity contribution is -0.387. The van der Waals surface area contributed by atoms with Crippen LogP contribution in [0, 0.1) is 16.0 Å². The van der Waals surface area contributed by atoms with Crippen molar-refractivity contribution in [3.05, 3.63) is 34.4 Å². The Morgan fingerprint density at radius 1 is 1.09 bits per heavy atom. The van der Waals surface area contributed by atoms with Crippen molar-refractivity contribution in [1.82, 2.24) is 4.31 Å². The normalized spacial score (nSPS) is 26.4. The summed E-state index contributed by atoms with van der Waals surface area (Å²) in [6.45, 7) is 0.468. The zero-order valence-electron chi connectivity index (χ0n) is 12.3. The van der Waals surface area contributed by atoms with Gasteiger partial charge in [0.1, 0.15) is 0 Å². The molecule has 0 radical (unpaired) electrons. The minimum absolute atomic E-state index is 0.00677. The third-order valence-corrected chi connectivity index (χ3v) is 6.81. The van der Waals surface area contributed by atoms with Gasteiger partial charge in [-0.2, -0.15) is 4.31 Å². The number of hydrogen-bond acceptors (Lipinski definition) is 4. The Hall–Kier alpha value is -1.47. The van der Waals surface area contributed by atoms with Crippen LogP contribution in [0.25, 0.3) is 0 Å². The van der Waals surface area contributed by atoms with E-state index in [2.05, 4.69) is 0 Å². The minimum Gasteiger partial charge on any atom is -0.258 e. The third kappa shape index (κ3) is 2.63. The lowest BCUT2D eigenvalue weighted by atomic mass is 9.79. The number of benzene rings is 1. The molecule has 2 fully saturated rings. The van der Waals surface area contributed by atoms with Crippen LogP contribution in [0.3, 0.4) is 0 Å². The molecule has 1 aliphatic heterocycles. The van der Waals surface area contributed by atoms with Crippen LogP contribution in [0.4, 0.5) is 5.69 Å². The van der Waals surface area contributed by atoms with Crippen LogP contribution in [-0.2, 0) is 10.0 Å². The summed E-state index contributed by atoms with van der Waals surface area (Å²) in [5.41, 5.74) is -0.333. The smallest absolute Gasteiger partial charge is 0.258 e. The standard InChI is InChI=1S/C15H20N2O4S/c18-17(19)14-9-3-4-10-15(14)22(20,21)16-11-5-7-12-6-1-2-8-13(12)16/h3-4,9-10,12-13H,1-2,5-8,11H2/t12-,13+/m1/s1. The van der Waals surface area contributed by atoms with Gasteiger partial charge in [-0.05, 0) is 37.7 Å². The lowest BCUT2D eigenvalue weighted by Gasteiger charge is -2.42.